The third-order valence-electron chi connectivity index (χ3n) is 14.4. The van der Waals surface area contributed by atoms with Crippen LogP contribution in [-0.4, -0.2) is 69.3 Å². The van der Waals surface area contributed by atoms with Crippen LogP contribution in [-0.2, 0) is 19.0 Å². The van der Waals surface area contributed by atoms with Gasteiger partial charge in [0.1, 0.15) is 12.2 Å². The maximum atomic E-state index is 11.9. The van der Waals surface area contributed by atoms with Crippen molar-refractivity contribution in [2.45, 2.75) is 162 Å². The lowest BCUT2D eigenvalue weighted by Crippen LogP contribution is -2.50. The second-order valence-corrected chi connectivity index (χ2v) is 17.4. The number of allylic oxidation sites excluding steroid dienone is 2. The van der Waals surface area contributed by atoms with Gasteiger partial charge < -0.3 is 34.6 Å². The van der Waals surface area contributed by atoms with Gasteiger partial charge in [-0.1, -0.05) is 34.1 Å². The molecule has 0 aromatic carbocycles. The monoisotopic (exact) mass is 710 g/mol. The minimum Gasteiger partial charge on any atom is -0.491 e. The van der Waals surface area contributed by atoms with Crippen molar-refractivity contribution in [3.8, 4) is 38.5 Å². The predicted octanol–water partition coefficient (Wildman–Crippen LogP) is 6.39. The van der Waals surface area contributed by atoms with Crippen molar-refractivity contribution in [2.75, 3.05) is 6.61 Å². The molecule has 2 aliphatic heterocycles. The van der Waals surface area contributed by atoms with Crippen LogP contribution < -0.4 is 0 Å². The van der Waals surface area contributed by atoms with E-state index in [-0.39, 0.29) is 30.5 Å². The zero-order valence-electron chi connectivity index (χ0n) is 32.3. The van der Waals surface area contributed by atoms with Crippen LogP contribution in [0.2, 0.25) is 0 Å². The fourth-order valence-corrected chi connectivity index (χ4v) is 12.5. The molecule has 0 amide bonds. The van der Waals surface area contributed by atoms with Crippen LogP contribution in [0.5, 0.6) is 0 Å². The number of carbonyl (C=O) groups excluding carboxylic acids is 1. The highest BCUT2D eigenvalue weighted by atomic mass is 16.6. The second kappa shape index (κ2) is 16.2. The van der Waals surface area contributed by atoms with Gasteiger partial charge in [0.15, 0.2) is 12.4 Å². The second-order valence-electron chi connectivity index (χ2n) is 17.4. The molecule has 4 unspecified atom stereocenters. The molecule has 8 heteroatoms. The summed E-state index contributed by atoms with van der Waals surface area (Å²) in [5, 5.41) is 37.2. The van der Waals surface area contributed by atoms with E-state index in [0.29, 0.717) is 22.2 Å². The Morgan fingerprint density at radius 3 is 2.10 bits per heavy atom. The summed E-state index contributed by atoms with van der Waals surface area (Å²) in [5.41, 5.74) is 2.30. The van der Waals surface area contributed by atoms with Gasteiger partial charge in [0.2, 0.25) is 0 Å². The van der Waals surface area contributed by atoms with Crippen molar-refractivity contribution < 1.29 is 39.4 Å². The Hall–Kier alpha value is -2.51. The molecule has 0 aromatic heterocycles. The molecule has 0 bridgehead atoms. The highest BCUT2D eigenvalue weighted by molar-refractivity contribution is 5.66. The lowest BCUT2D eigenvalue weighted by atomic mass is 9.46. The number of aliphatic hydroxyl groups excluding tert-OH is 3. The maximum absolute atomic E-state index is 11.9. The van der Waals surface area contributed by atoms with Crippen LogP contribution >= 0.6 is 0 Å². The number of carbonyl (C=O) groups is 1. The largest absolute Gasteiger partial charge is 0.491 e. The molecule has 0 aromatic rings. The molecule has 2 heterocycles. The third-order valence-corrected chi connectivity index (χ3v) is 14.4. The first-order valence-corrected chi connectivity index (χ1v) is 18.9. The van der Waals surface area contributed by atoms with E-state index >= 15 is 0 Å². The third kappa shape index (κ3) is 7.37. The zero-order valence-corrected chi connectivity index (χ0v) is 32.3. The SMILES string of the molecule is C#C.C#C.C#C.CC(=O)O[C@H]([C@H]1CCCC2=C(CC3[C@@H]4CCC5C(C)(C)CCCC56[C@@H](C)[C@@]46CC[C@]23C)O1)C(C)(C)O.OC1C[C@@H](O)[C@H](O)CO1. The van der Waals surface area contributed by atoms with Crippen molar-refractivity contribution in [3.63, 3.8) is 0 Å². The van der Waals surface area contributed by atoms with E-state index in [1.54, 1.807) is 19.4 Å². The van der Waals surface area contributed by atoms with Crippen LogP contribution in [0.4, 0.5) is 0 Å². The zero-order chi connectivity index (χ0) is 38.7. The molecule has 5 aliphatic carbocycles. The van der Waals surface area contributed by atoms with Crippen LogP contribution in [0.1, 0.15) is 126 Å². The van der Waals surface area contributed by atoms with Gasteiger partial charge >= 0.3 is 5.97 Å². The lowest BCUT2D eigenvalue weighted by molar-refractivity contribution is -0.193. The van der Waals surface area contributed by atoms with Gasteiger partial charge in [-0.3, -0.25) is 4.79 Å². The molecule has 12 atom stereocenters. The fraction of sp³-hybridized carbons (Fsp3) is 0.791. The average Bonchev–Trinajstić information content (AvgIpc) is 3.58. The first-order chi connectivity index (χ1) is 24.0. The number of esters is 1. The summed E-state index contributed by atoms with van der Waals surface area (Å²) in [5.74, 6) is 4.10. The van der Waals surface area contributed by atoms with Crippen molar-refractivity contribution in [2.24, 2.45) is 45.3 Å². The highest BCUT2D eigenvalue weighted by Crippen LogP contribution is 2.89. The maximum Gasteiger partial charge on any atom is 0.303 e. The molecule has 0 radical (unpaired) electrons. The van der Waals surface area contributed by atoms with E-state index in [1.165, 1.54) is 57.6 Å². The van der Waals surface area contributed by atoms with Gasteiger partial charge in [0.05, 0.1) is 24.1 Å². The number of ether oxygens (including phenoxy) is 3. The number of hydrogen-bond acceptors (Lipinski definition) is 8. The Morgan fingerprint density at radius 1 is 0.882 bits per heavy atom. The number of terminal acetylenes is 3. The van der Waals surface area contributed by atoms with Crippen molar-refractivity contribution in [3.05, 3.63) is 11.3 Å². The summed E-state index contributed by atoms with van der Waals surface area (Å²) in [7, 11) is 0. The summed E-state index contributed by atoms with van der Waals surface area (Å²) in [6, 6.07) is 0. The van der Waals surface area contributed by atoms with Gasteiger partial charge in [-0.05, 0) is 123 Å². The molecular weight excluding hydrogens is 644 g/mol. The summed E-state index contributed by atoms with van der Waals surface area (Å²) >= 11 is 0. The van der Waals surface area contributed by atoms with Gasteiger partial charge in [-0.2, -0.15) is 0 Å². The molecule has 7 aliphatic rings. The van der Waals surface area contributed by atoms with Crippen LogP contribution in [0.3, 0.4) is 0 Å². The number of hydrogen-bond donors (Lipinski definition) is 4. The standard InChI is InChI=1S/C32H50O4.C5H10O4.3C2H2/c1-19-31-17-16-30(7)22-10-8-11-24(27(29(5,6)34)35-20(2)33)36-25(22)18-23(30)21(31)12-13-26-28(3,4)14-9-15-32(19,26)31;6-3-1-5(8)9-2-4(3)7;3*1-2/h19,21,23-24,26-27,34H,8-18H2,1-7H3;3-8H,1-2H2;3*1-2H/t19-,21-,23?,24+,26?,27+,30+,31-,32?;3-,4-,5?;;;/m01.../s1. The molecule has 51 heavy (non-hydrogen) atoms. The van der Waals surface area contributed by atoms with Gasteiger partial charge in [0.25, 0.3) is 0 Å². The molecule has 7 rings (SSSR count). The van der Waals surface area contributed by atoms with Gasteiger partial charge in [-0.25, -0.2) is 0 Å². The molecule has 5 fully saturated rings. The fourth-order valence-electron chi connectivity index (χ4n) is 12.5. The van der Waals surface area contributed by atoms with Crippen LogP contribution in [0.15, 0.2) is 11.3 Å². The molecule has 8 nitrogen and oxygen atoms in total. The van der Waals surface area contributed by atoms with E-state index in [9.17, 15) is 9.90 Å². The van der Waals surface area contributed by atoms with Crippen molar-refractivity contribution >= 4 is 5.97 Å². The lowest BCUT2D eigenvalue weighted by Gasteiger charge is -2.58. The normalized spacial score (nSPS) is 41.7. The first kappa shape index (κ1) is 42.9. The highest BCUT2D eigenvalue weighted by Gasteiger charge is 2.83. The smallest absolute Gasteiger partial charge is 0.303 e. The van der Waals surface area contributed by atoms with Crippen molar-refractivity contribution in [1.29, 1.82) is 0 Å². The van der Waals surface area contributed by atoms with Gasteiger partial charge in [-0.15, -0.1) is 38.5 Å². The minimum absolute atomic E-state index is 0.0162. The van der Waals surface area contributed by atoms with E-state index < -0.39 is 30.2 Å². The predicted molar refractivity (Wildman–Crippen MR) is 199 cm³/mol. The molecule has 4 N–H and O–H groups in total. The Bertz CT molecular complexity index is 1290. The van der Waals surface area contributed by atoms with E-state index in [1.807, 2.05) is 0 Å². The van der Waals surface area contributed by atoms with Gasteiger partial charge in [0, 0.05) is 19.8 Å². The minimum atomic E-state index is -1.14. The van der Waals surface area contributed by atoms with E-state index in [4.69, 9.17) is 24.8 Å². The summed E-state index contributed by atoms with van der Waals surface area (Å²) < 4.78 is 17.1. The summed E-state index contributed by atoms with van der Waals surface area (Å²) in [6.45, 7) is 15.3. The quantitative estimate of drug-likeness (QED) is 0.196. The molecule has 1 saturated heterocycles. The molecule has 4 saturated carbocycles. The Kier molecular flexibility index (Phi) is 13.7. The Labute approximate surface area is 308 Å². The van der Waals surface area contributed by atoms with E-state index in [0.717, 1.165) is 43.4 Å². The topological polar surface area (TPSA) is 126 Å². The molecule has 2 spiro atoms. The van der Waals surface area contributed by atoms with E-state index in [2.05, 4.69) is 71.0 Å². The Morgan fingerprint density at radius 2 is 1.53 bits per heavy atom. The molecule has 286 valence electrons. The van der Waals surface area contributed by atoms with Crippen LogP contribution in [0, 0.1) is 83.9 Å². The summed E-state index contributed by atoms with van der Waals surface area (Å²) in [6.07, 6.45) is 34.4. The average molecular weight is 711 g/mol. The number of aliphatic hydroxyl groups is 4. The Balaban J connectivity index is 0.000000399. The molecular formula is C43H66O8. The number of rotatable bonds is 3. The van der Waals surface area contributed by atoms with Crippen LogP contribution in [0.25, 0.3) is 0 Å². The number of fused-ring (bicyclic) bond motifs is 3. The summed E-state index contributed by atoms with van der Waals surface area (Å²) in [4.78, 5) is 11.9. The van der Waals surface area contributed by atoms with Crippen molar-refractivity contribution in [1.82, 2.24) is 0 Å². The first-order valence-electron chi connectivity index (χ1n) is 18.9.